The number of nitrogens with one attached hydrogen (secondary N) is 2. The number of aryl methyl sites for hydroxylation is 1. The van der Waals surface area contributed by atoms with Gasteiger partial charge in [0.05, 0.1) is 23.6 Å². The van der Waals surface area contributed by atoms with Crippen molar-refractivity contribution in [2.75, 3.05) is 0 Å². The van der Waals surface area contributed by atoms with E-state index in [1.54, 1.807) is 18.6 Å². The van der Waals surface area contributed by atoms with Crippen LogP contribution in [0.3, 0.4) is 0 Å². The van der Waals surface area contributed by atoms with Crippen molar-refractivity contribution >= 4 is 5.91 Å². The maximum atomic E-state index is 11.8. The molecule has 0 radical (unpaired) electrons. The minimum Gasteiger partial charge on any atom is -0.350 e. The van der Waals surface area contributed by atoms with Gasteiger partial charge in [-0.3, -0.25) is 19.9 Å². The Hall–Kier alpha value is -2.24. The van der Waals surface area contributed by atoms with Gasteiger partial charge in [-0.2, -0.15) is 5.10 Å². The molecule has 1 amide bonds. The van der Waals surface area contributed by atoms with E-state index in [2.05, 4.69) is 46.3 Å². The normalized spacial score (nSPS) is 11.4. The van der Waals surface area contributed by atoms with E-state index >= 15 is 0 Å². The van der Waals surface area contributed by atoms with Gasteiger partial charge in [0.25, 0.3) is 0 Å². The highest BCUT2D eigenvalue weighted by atomic mass is 16.1. The molecule has 0 saturated heterocycles. The quantitative estimate of drug-likeness (QED) is 0.877. The van der Waals surface area contributed by atoms with Crippen LogP contribution in [0.2, 0.25) is 0 Å². The number of hydrogen-bond acceptors (Lipinski definition) is 4. The molecule has 0 spiro atoms. The van der Waals surface area contributed by atoms with Crippen molar-refractivity contribution in [1.29, 1.82) is 0 Å². The molecule has 0 fully saturated rings. The molecule has 2 rings (SSSR count). The molecule has 0 unspecified atom stereocenters. The van der Waals surface area contributed by atoms with Crippen LogP contribution in [0.4, 0.5) is 0 Å². The van der Waals surface area contributed by atoms with Crippen molar-refractivity contribution in [2.24, 2.45) is 0 Å². The van der Waals surface area contributed by atoms with Crippen LogP contribution in [-0.2, 0) is 23.2 Å². The van der Waals surface area contributed by atoms with Crippen LogP contribution >= 0.6 is 0 Å². The van der Waals surface area contributed by atoms with Crippen LogP contribution in [0.15, 0.2) is 24.7 Å². The van der Waals surface area contributed by atoms with E-state index in [0.717, 1.165) is 17.1 Å². The number of amides is 1. The van der Waals surface area contributed by atoms with Gasteiger partial charge in [-0.1, -0.05) is 20.8 Å². The lowest BCUT2D eigenvalue weighted by molar-refractivity contribution is -0.121. The maximum absolute atomic E-state index is 11.8. The summed E-state index contributed by atoms with van der Waals surface area (Å²) in [7, 11) is 0. The van der Waals surface area contributed by atoms with Crippen molar-refractivity contribution in [2.45, 2.75) is 45.6 Å². The van der Waals surface area contributed by atoms with Gasteiger partial charge in [-0.05, 0) is 12.5 Å². The molecule has 0 aliphatic heterocycles. The van der Waals surface area contributed by atoms with Gasteiger partial charge in [0, 0.05) is 30.4 Å². The van der Waals surface area contributed by atoms with E-state index in [-0.39, 0.29) is 11.3 Å². The molecular formula is C15H21N5O. The predicted octanol–water partition coefficient (Wildman–Crippen LogP) is 1.75. The van der Waals surface area contributed by atoms with Crippen LogP contribution in [-0.4, -0.2) is 26.1 Å². The van der Waals surface area contributed by atoms with Crippen LogP contribution < -0.4 is 5.32 Å². The Kier molecular flexibility index (Phi) is 4.67. The molecule has 2 N–H and O–H groups in total. The number of aromatic nitrogens is 4. The first-order valence-corrected chi connectivity index (χ1v) is 7.01. The number of carbonyl (C=O) groups is 1. The summed E-state index contributed by atoms with van der Waals surface area (Å²) in [5.41, 5.74) is 2.73. The van der Waals surface area contributed by atoms with Crippen molar-refractivity contribution in [3.05, 3.63) is 41.7 Å². The van der Waals surface area contributed by atoms with Gasteiger partial charge in [-0.25, -0.2) is 0 Å². The molecule has 2 heterocycles. The standard InChI is InChI=1S/C15H21N5O/c1-15(2,3)13-8-12(19-20-13)10-18-14(21)5-4-11-9-16-6-7-17-11/h6-9H,4-5,10H2,1-3H3,(H,18,21)(H,19,20). The summed E-state index contributed by atoms with van der Waals surface area (Å²) < 4.78 is 0. The summed E-state index contributed by atoms with van der Waals surface area (Å²) in [6.45, 7) is 6.77. The van der Waals surface area contributed by atoms with E-state index in [1.807, 2.05) is 6.07 Å². The molecule has 112 valence electrons. The van der Waals surface area contributed by atoms with E-state index in [4.69, 9.17) is 0 Å². The van der Waals surface area contributed by atoms with Crippen LogP contribution in [0.1, 0.15) is 44.3 Å². The van der Waals surface area contributed by atoms with Crippen molar-refractivity contribution in [1.82, 2.24) is 25.5 Å². The lowest BCUT2D eigenvalue weighted by Crippen LogP contribution is -2.23. The Morgan fingerprint density at radius 1 is 1.33 bits per heavy atom. The van der Waals surface area contributed by atoms with E-state index in [0.29, 0.717) is 19.4 Å². The first kappa shape index (κ1) is 15.2. The van der Waals surface area contributed by atoms with Gasteiger partial charge in [0.2, 0.25) is 5.91 Å². The molecule has 21 heavy (non-hydrogen) atoms. The lowest BCUT2D eigenvalue weighted by Gasteiger charge is -2.13. The van der Waals surface area contributed by atoms with Crippen LogP contribution in [0, 0.1) is 0 Å². The van der Waals surface area contributed by atoms with Gasteiger partial charge < -0.3 is 5.32 Å². The van der Waals surface area contributed by atoms with Gasteiger partial charge in [0.15, 0.2) is 0 Å². The topological polar surface area (TPSA) is 83.6 Å². The smallest absolute Gasteiger partial charge is 0.220 e. The second-order valence-corrected chi connectivity index (χ2v) is 6.00. The predicted molar refractivity (Wildman–Crippen MR) is 79.5 cm³/mol. The molecule has 0 aliphatic rings. The van der Waals surface area contributed by atoms with Gasteiger partial charge in [-0.15, -0.1) is 0 Å². The van der Waals surface area contributed by atoms with Crippen molar-refractivity contribution < 1.29 is 4.79 Å². The third kappa shape index (κ3) is 4.66. The number of hydrogen-bond donors (Lipinski definition) is 2. The molecule has 2 aromatic heterocycles. The van der Waals surface area contributed by atoms with E-state index < -0.39 is 0 Å². The number of aromatic amines is 1. The van der Waals surface area contributed by atoms with Crippen LogP contribution in [0.5, 0.6) is 0 Å². The van der Waals surface area contributed by atoms with Crippen molar-refractivity contribution in [3.63, 3.8) is 0 Å². The molecular weight excluding hydrogens is 266 g/mol. The minimum atomic E-state index is -0.00689. The maximum Gasteiger partial charge on any atom is 0.220 e. The number of H-pyrrole nitrogens is 1. The Balaban J connectivity index is 1.78. The second kappa shape index (κ2) is 6.47. The Bertz CT molecular complexity index is 586. The number of nitrogens with zero attached hydrogens (tertiary/aromatic N) is 3. The summed E-state index contributed by atoms with van der Waals surface area (Å²) in [4.78, 5) is 19.9. The first-order chi connectivity index (χ1) is 9.95. The molecule has 0 bridgehead atoms. The highest BCUT2D eigenvalue weighted by Crippen LogP contribution is 2.20. The fourth-order valence-corrected chi connectivity index (χ4v) is 1.82. The SMILES string of the molecule is CC(C)(C)c1cc(CNC(=O)CCc2cnccn2)[nH]n1. The highest BCUT2D eigenvalue weighted by molar-refractivity contribution is 5.76. The molecule has 0 saturated carbocycles. The van der Waals surface area contributed by atoms with Crippen LogP contribution in [0.25, 0.3) is 0 Å². The number of rotatable bonds is 5. The van der Waals surface area contributed by atoms with Crippen molar-refractivity contribution in [3.8, 4) is 0 Å². The Labute approximate surface area is 124 Å². The van der Waals surface area contributed by atoms with E-state index in [1.165, 1.54) is 0 Å². The fraction of sp³-hybridized carbons (Fsp3) is 0.467. The summed E-state index contributed by atoms with van der Waals surface area (Å²) in [6.07, 6.45) is 5.92. The average Bonchev–Trinajstić information content (AvgIpc) is 2.93. The monoisotopic (exact) mass is 287 g/mol. The summed E-state index contributed by atoms with van der Waals surface area (Å²) in [5, 5.41) is 10.1. The zero-order chi connectivity index (χ0) is 15.3. The highest BCUT2D eigenvalue weighted by Gasteiger charge is 2.17. The van der Waals surface area contributed by atoms with E-state index in [9.17, 15) is 4.79 Å². The lowest BCUT2D eigenvalue weighted by atomic mass is 9.92. The summed E-state index contributed by atoms with van der Waals surface area (Å²) >= 11 is 0. The molecule has 0 aromatic carbocycles. The summed E-state index contributed by atoms with van der Waals surface area (Å²) in [6, 6.07) is 1.99. The third-order valence-electron chi connectivity index (χ3n) is 3.10. The summed E-state index contributed by atoms with van der Waals surface area (Å²) in [5.74, 6) is -0.00689. The Morgan fingerprint density at radius 3 is 2.76 bits per heavy atom. The Morgan fingerprint density at radius 2 is 2.14 bits per heavy atom. The molecule has 6 nitrogen and oxygen atoms in total. The molecule has 2 aromatic rings. The second-order valence-electron chi connectivity index (χ2n) is 6.00. The fourth-order valence-electron chi connectivity index (χ4n) is 1.82. The third-order valence-corrected chi connectivity index (χ3v) is 3.10. The molecule has 0 aliphatic carbocycles. The first-order valence-electron chi connectivity index (χ1n) is 7.01. The zero-order valence-corrected chi connectivity index (χ0v) is 12.7. The average molecular weight is 287 g/mol. The largest absolute Gasteiger partial charge is 0.350 e. The van der Waals surface area contributed by atoms with Gasteiger partial charge >= 0.3 is 0 Å². The number of carbonyl (C=O) groups excluding carboxylic acids is 1. The van der Waals surface area contributed by atoms with Gasteiger partial charge in [0.1, 0.15) is 0 Å². The minimum absolute atomic E-state index is 0.00470. The zero-order valence-electron chi connectivity index (χ0n) is 12.7. The molecule has 0 atom stereocenters. The molecule has 6 heteroatoms.